The van der Waals surface area contributed by atoms with E-state index in [0.29, 0.717) is 28.5 Å². The number of imidazole rings is 1. The molecule has 3 aromatic heterocycles. The monoisotopic (exact) mass is 397 g/mol. The van der Waals surface area contributed by atoms with Gasteiger partial charge in [0.25, 0.3) is 11.8 Å². The van der Waals surface area contributed by atoms with Crippen LogP contribution < -0.4 is 11.1 Å². The number of nitrogens with zero attached hydrogens (tertiary/aromatic N) is 3. The molecule has 3 aromatic rings. The Kier molecular flexibility index (Phi) is 4.91. The van der Waals surface area contributed by atoms with Crippen molar-refractivity contribution < 1.29 is 9.59 Å². The van der Waals surface area contributed by atoms with Crippen LogP contribution in [0.5, 0.6) is 0 Å². The number of nitrogens with two attached hydrogens (primary N) is 1. The molecule has 28 heavy (non-hydrogen) atoms. The van der Waals surface area contributed by atoms with E-state index in [2.05, 4.69) is 10.3 Å². The number of hydrogen-bond donors (Lipinski definition) is 2. The minimum absolute atomic E-state index is 0.318. The summed E-state index contributed by atoms with van der Waals surface area (Å²) in [7, 11) is 3.89. The molecular weight excluding hydrogens is 374 g/mol. The Bertz CT molecular complexity index is 1070. The van der Waals surface area contributed by atoms with Gasteiger partial charge < -0.3 is 20.4 Å². The average Bonchev–Trinajstić information content (AvgIpc) is 3.19. The molecule has 0 spiro atoms. The molecule has 4 rings (SSSR count). The number of nitrogens with one attached hydrogen (secondary N) is 1. The Labute approximate surface area is 167 Å². The van der Waals surface area contributed by atoms with Crippen LogP contribution in [0, 0.1) is 0 Å². The standard InChI is InChI=1S/C20H23N5O2S/c1-24(2)11-13-17(22-15-9-5-6-10-25(13)15)19(27)23-20-16(18(21)26)12-7-3-4-8-14(12)28-20/h5-6,9-10H,3-4,7-8,11H2,1-2H3,(H2,21,26)(H,23,27). The Morgan fingerprint density at radius 2 is 2.07 bits per heavy atom. The summed E-state index contributed by atoms with van der Waals surface area (Å²) in [5, 5.41) is 3.46. The first-order chi connectivity index (χ1) is 13.5. The second-order valence-electron chi connectivity index (χ2n) is 7.31. The summed E-state index contributed by atoms with van der Waals surface area (Å²) in [6.45, 7) is 0.567. The van der Waals surface area contributed by atoms with E-state index in [1.165, 1.54) is 11.3 Å². The van der Waals surface area contributed by atoms with Crippen LogP contribution in [0.4, 0.5) is 5.00 Å². The molecule has 0 fully saturated rings. The highest BCUT2D eigenvalue weighted by atomic mass is 32.1. The Hall–Kier alpha value is -2.71. The van der Waals surface area contributed by atoms with Gasteiger partial charge >= 0.3 is 0 Å². The molecule has 146 valence electrons. The minimum atomic E-state index is -0.488. The van der Waals surface area contributed by atoms with Gasteiger partial charge in [0.2, 0.25) is 0 Å². The molecule has 8 heteroatoms. The number of thiophene rings is 1. The quantitative estimate of drug-likeness (QED) is 0.692. The van der Waals surface area contributed by atoms with Crippen molar-refractivity contribution >= 4 is 33.8 Å². The number of pyridine rings is 1. The number of fused-ring (bicyclic) bond motifs is 2. The number of anilines is 1. The van der Waals surface area contributed by atoms with Crippen molar-refractivity contribution in [2.75, 3.05) is 19.4 Å². The predicted octanol–water partition coefficient (Wildman–Crippen LogP) is 2.69. The first kappa shape index (κ1) is 18.6. The van der Waals surface area contributed by atoms with Gasteiger partial charge in [0, 0.05) is 17.6 Å². The van der Waals surface area contributed by atoms with Gasteiger partial charge in [-0.15, -0.1) is 11.3 Å². The van der Waals surface area contributed by atoms with Crippen LogP contribution in [0.1, 0.15) is 49.8 Å². The third-order valence-corrected chi connectivity index (χ3v) is 6.16. The Balaban J connectivity index is 1.74. The van der Waals surface area contributed by atoms with Crippen molar-refractivity contribution in [3.05, 3.63) is 51.8 Å². The molecule has 0 saturated heterocycles. The van der Waals surface area contributed by atoms with Gasteiger partial charge in [-0.05, 0) is 57.5 Å². The molecule has 0 bridgehead atoms. The largest absolute Gasteiger partial charge is 0.365 e. The van der Waals surface area contributed by atoms with Crippen molar-refractivity contribution in [3.63, 3.8) is 0 Å². The van der Waals surface area contributed by atoms with Crippen LogP contribution in [0.2, 0.25) is 0 Å². The van der Waals surface area contributed by atoms with Gasteiger partial charge in [-0.2, -0.15) is 0 Å². The maximum atomic E-state index is 13.1. The first-order valence-corrected chi connectivity index (χ1v) is 10.1. The number of amides is 2. The highest BCUT2D eigenvalue weighted by molar-refractivity contribution is 7.17. The molecular formula is C20H23N5O2S. The summed E-state index contributed by atoms with van der Waals surface area (Å²) in [6, 6.07) is 5.67. The maximum absolute atomic E-state index is 13.1. The van der Waals surface area contributed by atoms with E-state index >= 15 is 0 Å². The van der Waals surface area contributed by atoms with E-state index in [1.807, 2.05) is 47.8 Å². The fourth-order valence-corrected chi connectivity index (χ4v) is 5.05. The van der Waals surface area contributed by atoms with Gasteiger partial charge in [-0.3, -0.25) is 9.59 Å². The van der Waals surface area contributed by atoms with Crippen LogP contribution in [0.3, 0.4) is 0 Å². The molecule has 1 aliphatic rings. The number of primary amides is 1. The third kappa shape index (κ3) is 3.29. The lowest BCUT2D eigenvalue weighted by atomic mass is 9.95. The van der Waals surface area contributed by atoms with Crippen molar-refractivity contribution in [2.24, 2.45) is 5.73 Å². The number of aryl methyl sites for hydroxylation is 1. The lowest BCUT2D eigenvalue weighted by Crippen LogP contribution is -2.21. The van der Waals surface area contributed by atoms with Gasteiger partial charge in [-0.1, -0.05) is 6.07 Å². The number of rotatable bonds is 5. The number of aromatic nitrogens is 2. The van der Waals surface area contributed by atoms with E-state index in [4.69, 9.17) is 5.73 Å². The van der Waals surface area contributed by atoms with Crippen molar-refractivity contribution in [1.29, 1.82) is 0 Å². The normalized spacial score (nSPS) is 13.7. The summed E-state index contributed by atoms with van der Waals surface area (Å²) >= 11 is 1.46. The van der Waals surface area contributed by atoms with Crippen LogP contribution in [-0.4, -0.2) is 40.2 Å². The fourth-order valence-electron chi connectivity index (χ4n) is 3.76. The third-order valence-electron chi connectivity index (χ3n) is 4.95. The molecule has 0 aromatic carbocycles. The molecule has 2 amide bonds. The molecule has 0 unspecified atom stereocenters. The second kappa shape index (κ2) is 7.37. The number of carbonyl (C=O) groups excluding carboxylic acids is 2. The van der Waals surface area contributed by atoms with E-state index in [1.54, 1.807) is 0 Å². The highest BCUT2D eigenvalue weighted by Gasteiger charge is 2.27. The average molecular weight is 398 g/mol. The van der Waals surface area contributed by atoms with Crippen LogP contribution in [0.25, 0.3) is 5.65 Å². The topological polar surface area (TPSA) is 92.7 Å². The summed E-state index contributed by atoms with van der Waals surface area (Å²) in [5.41, 5.74) is 8.99. The number of carbonyl (C=O) groups is 2. The lowest BCUT2D eigenvalue weighted by Gasteiger charge is -2.12. The smallest absolute Gasteiger partial charge is 0.276 e. The zero-order valence-electron chi connectivity index (χ0n) is 16.0. The van der Waals surface area contributed by atoms with E-state index in [0.717, 1.165) is 41.8 Å². The summed E-state index contributed by atoms with van der Waals surface area (Å²) in [6.07, 6.45) is 5.79. The van der Waals surface area contributed by atoms with Gasteiger partial charge in [0.05, 0.1) is 11.3 Å². The molecule has 0 radical (unpaired) electrons. The highest BCUT2D eigenvalue weighted by Crippen LogP contribution is 2.38. The van der Waals surface area contributed by atoms with Gasteiger partial charge in [0.15, 0.2) is 5.69 Å². The van der Waals surface area contributed by atoms with Crippen molar-refractivity contribution in [3.8, 4) is 0 Å². The van der Waals surface area contributed by atoms with Crippen molar-refractivity contribution in [1.82, 2.24) is 14.3 Å². The van der Waals surface area contributed by atoms with E-state index < -0.39 is 5.91 Å². The van der Waals surface area contributed by atoms with Gasteiger partial charge in [0.1, 0.15) is 10.6 Å². The van der Waals surface area contributed by atoms with E-state index in [-0.39, 0.29) is 5.91 Å². The molecule has 3 N–H and O–H groups in total. The summed E-state index contributed by atoms with van der Waals surface area (Å²) in [5.74, 6) is -0.806. The molecule has 0 aliphatic heterocycles. The molecule has 0 saturated carbocycles. The van der Waals surface area contributed by atoms with Gasteiger partial charge in [-0.25, -0.2) is 4.98 Å². The lowest BCUT2D eigenvalue weighted by molar-refractivity contribution is 0.100. The zero-order chi connectivity index (χ0) is 19.8. The zero-order valence-corrected chi connectivity index (χ0v) is 16.8. The second-order valence-corrected chi connectivity index (χ2v) is 8.41. The molecule has 7 nitrogen and oxygen atoms in total. The SMILES string of the molecule is CN(C)Cc1c(C(=O)Nc2sc3c(c2C(N)=O)CCCC3)nc2ccccn12. The first-order valence-electron chi connectivity index (χ1n) is 9.32. The Morgan fingerprint density at radius 3 is 2.82 bits per heavy atom. The van der Waals surface area contributed by atoms with Crippen LogP contribution >= 0.6 is 11.3 Å². The Morgan fingerprint density at radius 1 is 1.29 bits per heavy atom. The minimum Gasteiger partial charge on any atom is -0.365 e. The predicted molar refractivity (Wildman–Crippen MR) is 110 cm³/mol. The summed E-state index contributed by atoms with van der Waals surface area (Å²) < 4.78 is 1.92. The summed E-state index contributed by atoms with van der Waals surface area (Å²) in [4.78, 5) is 32.9. The molecule has 1 aliphatic carbocycles. The fraction of sp³-hybridized carbons (Fsp3) is 0.350. The maximum Gasteiger partial charge on any atom is 0.276 e. The molecule has 0 atom stereocenters. The van der Waals surface area contributed by atoms with Crippen LogP contribution in [-0.2, 0) is 19.4 Å². The number of hydrogen-bond acceptors (Lipinski definition) is 5. The molecule has 3 heterocycles. The van der Waals surface area contributed by atoms with Crippen molar-refractivity contribution in [2.45, 2.75) is 32.2 Å². The van der Waals surface area contributed by atoms with E-state index in [9.17, 15) is 9.59 Å². The van der Waals surface area contributed by atoms with Crippen LogP contribution in [0.15, 0.2) is 24.4 Å².